The maximum absolute atomic E-state index is 14.2. The van der Waals surface area contributed by atoms with Gasteiger partial charge in [0, 0.05) is 29.5 Å². The molecule has 1 unspecified atom stereocenters. The van der Waals surface area contributed by atoms with Crippen LogP contribution in [0.3, 0.4) is 0 Å². The van der Waals surface area contributed by atoms with E-state index in [0.29, 0.717) is 12.0 Å². The summed E-state index contributed by atoms with van der Waals surface area (Å²) < 4.78 is 17.8. The average molecular weight is 419 g/mol. The van der Waals surface area contributed by atoms with Crippen LogP contribution in [0.15, 0.2) is 27.1 Å². The first kappa shape index (κ1) is 16.6. The van der Waals surface area contributed by atoms with E-state index < -0.39 is 0 Å². The van der Waals surface area contributed by atoms with Crippen molar-refractivity contribution in [2.24, 2.45) is 7.05 Å². The molecule has 0 aliphatic rings. The highest BCUT2D eigenvalue weighted by Gasteiger charge is 2.20. The topological polar surface area (TPSA) is 29.9 Å². The Morgan fingerprint density at radius 3 is 2.62 bits per heavy atom. The molecule has 114 valence electrons. The number of aromatic nitrogens is 2. The fourth-order valence-corrected chi connectivity index (χ4v) is 3.50. The third-order valence-electron chi connectivity index (χ3n) is 3.59. The van der Waals surface area contributed by atoms with Gasteiger partial charge in [0.25, 0.3) is 0 Å². The molecule has 0 fully saturated rings. The number of nitrogens with zero attached hydrogens (tertiary/aromatic N) is 2. The number of likely N-dealkylation sites (N-methyl/N-ethyl adjacent to an activating group) is 1. The highest BCUT2D eigenvalue weighted by Crippen LogP contribution is 2.28. The second-order valence-corrected chi connectivity index (χ2v) is 6.60. The Kier molecular flexibility index (Phi) is 5.57. The van der Waals surface area contributed by atoms with Gasteiger partial charge in [-0.3, -0.25) is 4.68 Å². The largest absolute Gasteiger partial charge is 0.313 e. The van der Waals surface area contributed by atoms with Crippen LogP contribution < -0.4 is 5.32 Å². The van der Waals surface area contributed by atoms with Crippen LogP contribution in [0, 0.1) is 5.82 Å². The SMILES string of the molecule is CCc1nn(C)c(CC(NC)c2ccc(Br)cc2F)c1Br. The van der Waals surface area contributed by atoms with Gasteiger partial charge in [0.1, 0.15) is 5.82 Å². The third-order valence-corrected chi connectivity index (χ3v) is 5.00. The molecule has 0 bridgehead atoms. The van der Waals surface area contributed by atoms with E-state index >= 15 is 0 Å². The van der Waals surface area contributed by atoms with E-state index in [1.54, 1.807) is 0 Å². The summed E-state index contributed by atoms with van der Waals surface area (Å²) in [5.74, 6) is -0.210. The molecule has 0 spiro atoms. The minimum atomic E-state index is -0.210. The normalized spacial score (nSPS) is 12.7. The maximum Gasteiger partial charge on any atom is 0.129 e. The van der Waals surface area contributed by atoms with E-state index in [4.69, 9.17) is 0 Å². The average Bonchev–Trinajstić information content (AvgIpc) is 2.72. The van der Waals surface area contributed by atoms with Gasteiger partial charge in [-0.05, 0) is 41.5 Å². The molecule has 0 aliphatic carbocycles. The lowest BCUT2D eigenvalue weighted by atomic mass is 10.0. The zero-order valence-corrected chi connectivity index (χ0v) is 15.4. The zero-order chi connectivity index (χ0) is 15.6. The fourth-order valence-electron chi connectivity index (χ4n) is 2.39. The van der Waals surface area contributed by atoms with Crippen molar-refractivity contribution >= 4 is 31.9 Å². The molecule has 1 aromatic carbocycles. The summed E-state index contributed by atoms with van der Waals surface area (Å²) in [6.45, 7) is 2.07. The molecule has 21 heavy (non-hydrogen) atoms. The summed E-state index contributed by atoms with van der Waals surface area (Å²) in [5.41, 5.74) is 2.75. The molecule has 1 N–H and O–H groups in total. The van der Waals surface area contributed by atoms with Crippen LogP contribution in [-0.2, 0) is 19.9 Å². The smallest absolute Gasteiger partial charge is 0.129 e. The summed E-state index contributed by atoms with van der Waals surface area (Å²) in [5, 5.41) is 7.68. The number of hydrogen-bond donors (Lipinski definition) is 1. The highest BCUT2D eigenvalue weighted by atomic mass is 79.9. The predicted octanol–water partition coefficient (Wildman–Crippen LogP) is 4.15. The van der Waals surface area contributed by atoms with Gasteiger partial charge >= 0.3 is 0 Å². The first-order valence-corrected chi connectivity index (χ1v) is 8.39. The van der Waals surface area contributed by atoms with Crippen molar-refractivity contribution < 1.29 is 4.39 Å². The summed E-state index contributed by atoms with van der Waals surface area (Å²) in [6.07, 6.45) is 1.53. The van der Waals surface area contributed by atoms with Gasteiger partial charge in [-0.1, -0.05) is 28.9 Å². The van der Waals surface area contributed by atoms with Gasteiger partial charge in [0.05, 0.1) is 15.9 Å². The molecule has 0 saturated carbocycles. The van der Waals surface area contributed by atoms with Crippen molar-refractivity contribution in [3.8, 4) is 0 Å². The molecule has 2 rings (SSSR count). The van der Waals surface area contributed by atoms with Crippen molar-refractivity contribution in [1.29, 1.82) is 0 Å². The zero-order valence-electron chi connectivity index (χ0n) is 12.3. The number of nitrogens with one attached hydrogen (secondary N) is 1. The van der Waals surface area contributed by atoms with Crippen LogP contribution in [-0.4, -0.2) is 16.8 Å². The van der Waals surface area contributed by atoms with Crippen LogP contribution in [0.25, 0.3) is 0 Å². The minimum Gasteiger partial charge on any atom is -0.313 e. The van der Waals surface area contributed by atoms with Crippen molar-refractivity contribution in [2.75, 3.05) is 7.05 Å². The molecular formula is C15H18Br2FN3. The molecule has 1 atom stereocenters. The van der Waals surface area contributed by atoms with Gasteiger partial charge in [-0.2, -0.15) is 5.10 Å². The van der Waals surface area contributed by atoms with Crippen LogP contribution in [0.1, 0.15) is 29.9 Å². The van der Waals surface area contributed by atoms with Gasteiger partial charge in [-0.25, -0.2) is 4.39 Å². The van der Waals surface area contributed by atoms with Crippen molar-refractivity contribution in [1.82, 2.24) is 15.1 Å². The number of hydrogen-bond acceptors (Lipinski definition) is 2. The van der Waals surface area contributed by atoms with Gasteiger partial charge in [0.2, 0.25) is 0 Å². The Morgan fingerprint density at radius 2 is 2.10 bits per heavy atom. The number of benzene rings is 1. The molecule has 1 aromatic heterocycles. The van der Waals surface area contributed by atoms with E-state index in [-0.39, 0.29) is 11.9 Å². The number of halogens is 3. The Hall–Kier alpha value is -0.720. The first-order valence-electron chi connectivity index (χ1n) is 6.80. The van der Waals surface area contributed by atoms with Crippen LogP contribution >= 0.6 is 31.9 Å². The molecular weight excluding hydrogens is 401 g/mol. The quantitative estimate of drug-likeness (QED) is 0.790. The Bertz CT molecular complexity index is 640. The lowest BCUT2D eigenvalue weighted by molar-refractivity contribution is 0.518. The number of rotatable bonds is 5. The van der Waals surface area contributed by atoms with Crippen LogP contribution in [0.4, 0.5) is 4.39 Å². The van der Waals surface area contributed by atoms with E-state index in [1.165, 1.54) is 6.07 Å². The summed E-state index contributed by atoms with van der Waals surface area (Å²) in [6, 6.07) is 5.06. The molecule has 6 heteroatoms. The van der Waals surface area contributed by atoms with E-state index in [0.717, 1.165) is 26.8 Å². The van der Waals surface area contributed by atoms with Gasteiger partial charge in [-0.15, -0.1) is 0 Å². The highest BCUT2D eigenvalue weighted by molar-refractivity contribution is 9.10. The molecule has 0 aliphatic heterocycles. The Labute approximate surface area is 141 Å². The Balaban J connectivity index is 2.33. The first-order chi connectivity index (χ1) is 9.97. The monoisotopic (exact) mass is 417 g/mol. The molecule has 1 heterocycles. The third kappa shape index (κ3) is 3.55. The number of aryl methyl sites for hydroxylation is 2. The fraction of sp³-hybridized carbons (Fsp3) is 0.400. The molecule has 0 amide bonds. The predicted molar refractivity (Wildman–Crippen MR) is 89.9 cm³/mol. The van der Waals surface area contributed by atoms with Crippen molar-refractivity contribution in [2.45, 2.75) is 25.8 Å². The second kappa shape index (κ2) is 7.03. The molecule has 0 saturated heterocycles. The van der Waals surface area contributed by atoms with Crippen LogP contribution in [0.5, 0.6) is 0 Å². The lowest BCUT2D eigenvalue weighted by Crippen LogP contribution is -2.21. The standard InChI is InChI=1S/C15H18Br2FN3/c1-4-12-15(17)14(21(3)20-12)8-13(19-2)10-6-5-9(16)7-11(10)18/h5-7,13,19H,4,8H2,1-3H3. The van der Waals surface area contributed by atoms with Crippen LogP contribution in [0.2, 0.25) is 0 Å². The Morgan fingerprint density at radius 1 is 1.38 bits per heavy atom. The molecule has 2 aromatic rings. The second-order valence-electron chi connectivity index (χ2n) is 4.90. The van der Waals surface area contributed by atoms with Crippen molar-refractivity contribution in [3.63, 3.8) is 0 Å². The summed E-state index contributed by atoms with van der Waals surface area (Å²) >= 11 is 6.90. The van der Waals surface area contributed by atoms with Gasteiger partial charge < -0.3 is 5.32 Å². The van der Waals surface area contributed by atoms with E-state index in [1.807, 2.05) is 30.9 Å². The van der Waals surface area contributed by atoms with E-state index in [2.05, 4.69) is 49.2 Å². The van der Waals surface area contributed by atoms with E-state index in [9.17, 15) is 4.39 Å². The molecule has 0 radical (unpaired) electrons. The summed E-state index contributed by atoms with van der Waals surface area (Å²) in [4.78, 5) is 0. The maximum atomic E-state index is 14.2. The molecule has 3 nitrogen and oxygen atoms in total. The lowest BCUT2D eigenvalue weighted by Gasteiger charge is -2.18. The van der Waals surface area contributed by atoms with Crippen molar-refractivity contribution in [3.05, 3.63) is 49.9 Å². The minimum absolute atomic E-state index is 0.102. The summed E-state index contributed by atoms with van der Waals surface area (Å²) in [7, 11) is 3.76. The van der Waals surface area contributed by atoms with Gasteiger partial charge in [0.15, 0.2) is 0 Å².